The summed E-state index contributed by atoms with van der Waals surface area (Å²) in [4.78, 5) is 3.78. The zero-order chi connectivity index (χ0) is 15.5. The molecule has 0 aliphatic rings. The maximum Gasteiger partial charge on any atom is 0.389 e. The first-order valence-corrected chi connectivity index (χ1v) is 7.29. The minimum atomic E-state index is -4.23. The molecule has 0 saturated heterocycles. The molecule has 1 rings (SSSR count). The van der Waals surface area contributed by atoms with Gasteiger partial charge in [0.25, 0.3) is 10.1 Å². The standard InChI is InChI=1S/C6H10F4O3S.C5H5N/c7-6(8,9)4-2-1-3-5-14(11,12)13-10;1-2-4-6-5-3-1/h1-5H2;1-5H. The summed E-state index contributed by atoms with van der Waals surface area (Å²) in [6.07, 6.45) is -1.81. The van der Waals surface area contributed by atoms with Crippen LogP contribution in [0.25, 0.3) is 0 Å². The zero-order valence-electron chi connectivity index (χ0n) is 10.5. The number of hydrogen-bond donors (Lipinski definition) is 0. The molecule has 0 spiro atoms. The van der Waals surface area contributed by atoms with Crippen molar-refractivity contribution in [1.29, 1.82) is 0 Å². The van der Waals surface area contributed by atoms with Gasteiger partial charge in [0.1, 0.15) is 0 Å². The Bertz CT molecular complexity index is 410. The van der Waals surface area contributed by atoms with E-state index in [1.54, 1.807) is 12.4 Å². The van der Waals surface area contributed by atoms with Gasteiger partial charge in [-0.15, -0.1) is 0 Å². The Morgan fingerprint density at radius 2 is 1.60 bits per heavy atom. The van der Waals surface area contributed by atoms with E-state index in [0.29, 0.717) is 0 Å². The molecule has 9 heteroatoms. The second-order valence-corrected chi connectivity index (χ2v) is 5.42. The Labute approximate surface area is 114 Å². The largest absolute Gasteiger partial charge is 0.389 e. The highest BCUT2D eigenvalue weighted by Crippen LogP contribution is 2.22. The van der Waals surface area contributed by atoms with E-state index in [1.165, 1.54) is 0 Å². The zero-order valence-corrected chi connectivity index (χ0v) is 11.3. The number of rotatable bonds is 6. The summed E-state index contributed by atoms with van der Waals surface area (Å²) in [5.41, 5.74) is 0. The topological polar surface area (TPSA) is 56.3 Å². The van der Waals surface area contributed by atoms with Crippen LogP contribution in [0.15, 0.2) is 30.6 Å². The molecule has 20 heavy (non-hydrogen) atoms. The SMILES string of the molecule is O=S(=O)(CCCCCC(F)(F)F)OF.c1ccncc1. The van der Waals surface area contributed by atoms with Gasteiger partial charge in [-0.25, -0.2) is 0 Å². The summed E-state index contributed by atoms with van der Waals surface area (Å²) in [5.74, 6) is -0.596. The lowest BCUT2D eigenvalue weighted by Crippen LogP contribution is -2.08. The van der Waals surface area contributed by atoms with Crippen LogP contribution in [0.1, 0.15) is 25.7 Å². The van der Waals surface area contributed by atoms with Crippen molar-refractivity contribution < 1.29 is 30.5 Å². The second-order valence-electron chi connectivity index (χ2n) is 3.78. The first kappa shape index (κ1) is 18.8. The average molecular weight is 317 g/mol. The minimum absolute atomic E-state index is 0.0394. The van der Waals surface area contributed by atoms with E-state index in [4.69, 9.17) is 0 Å². The summed E-state index contributed by atoms with van der Waals surface area (Å²) < 4.78 is 69.3. The van der Waals surface area contributed by atoms with Crippen LogP contribution in [0, 0.1) is 0 Å². The van der Waals surface area contributed by atoms with Crippen molar-refractivity contribution in [3.63, 3.8) is 0 Å². The van der Waals surface area contributed by atoms with E-state index in [2.05, 4.69) is 9.37 Å². The predicted molar refractivity (Wildman–Crippen MR) is 64.7 cm³/mol. The number of nitrogens with zero attached hydrogens (tertiary/aromatic N) is 1. The van der Waals surface area contributed by atoms with Crippen molar-refractivity contribution in [3.05, 3.63) is 30.6 Å². The van der Waals surface area contributed by atoms with Crippen molar-refractivity contribution >= 4 is 10.1 Å². The van der Waals surface area contributed by atoms with E-state index in [9.17, 15) is 26.1 Å². The highest BCUT2D eigenvalue weighted by Gasteiger charge is 2.25. The fourth-order valence-electron chi connectivity index (χ4n) is 1.13. The molecule has 1 heterocycles. The van der Waals surface area contributed by atoms with E-state index in [-0.39, 0.29) is 19.3 Å². The average Bonchev–Trinajstić information content (AvgIpc) is 2.40. The smallest absolute Gasteiger partial charge is 0.265 e. The van der Waals surface area contributed by atoms with Crippen LogP contribution in [0.4, 0.5) is 17.7 Å². The predicted octanol–water partition coefficient (Wildman–Crippen LogP) is 3.42. The number of pyridine rings is 1. The van der Waals surface area contributed by atoms with Gasteiger partial charge in [-0.1, -0.05) is 16.9 Å². The van der Waals surface area contributed by atoms with Crippen LogP contribution in [0.5, 0.6) is 0 Å². The van der Waals surface area contributed by atoms with Crippen LogP contribution in [-0.4, -0.2) is 25.3 Å². The maximum atomic E-state index is 11.6. The Kier molecular flexibility index (Phi) is 9.06. The minimum Gasteiger partial charge on any atom is -0.265 e. The molecule has 0 aliphatic heterocycles. The molecular formula is C11H15F4NO3S. The number of unbranched alkanes of at least 4 members (excludes halogenated alkanes) is 2. The summed E-state index contributed by atoms with van der Waals surface area (Å²) in [5, 5.41) is 0. The second kappa shape index (κ2) is 9.65. The van der Waals surface area contributed by atoms with E-state index in [1.807, 2.05) is 18.2 Å². The van der Waals surface area contributed by atoms with Crippen LogP contribution in [0.2, 0.25) is 0 Å². The van der Waals surface area contributed by atoms with Crippen molar-refractivity contribution in [2.45, 2.75) is 31.9 Å². The number of aromatic nitrogens is 1. The van der Waals surface area contributed by atoms with Gasteiger partial charge in [-0.05, 0) is 29.5 Å². The van der Waals surface area contributed by atoms with E-state index in [0.717, 1.165) is 0 Å². The lowest BCUT2D eigenvalue weighted by molar-refractivity contribution is -0.135. The van der Waals surface area contributed by atoms with Crippen LogP contribution in [0.3, 0.4) is 0 Å². The Hall–Kier alpha value is -1.22. The van der Waals surface area contributed by atoms with Gasteiger partial charge < -0.3 is 0 Å². The number of alkyl halides is 3. The molecule has 0 unspecified atom stereocenters. The highest BCUT2D eigenvalue weighted by atomic mass is 32.2. The lowest BCUT2D eigenvalue weighted by atomic mass is 10.2. The Morgan fingerprint density at radius 1 is 1.00 bits per heavy atom. The van der Waals surface area contributed by atoms with Crippen LogP contribution < -0.4 is 0 Å². The molecule has 0 radical (unpaired) electrons. The van der Waals surface area contributed by atoms with Crippen molar-refractivity contribution in [1.82, 2.24) is 4.98 Å². The number of hydrogen-bond acceptors (Lipinski definition) is 4. The molecule has 4 nitrogen and oxygen atoms in total. The van der Waals surface area contributed by atoms with E-state index < -0.39 is 28.5 Å². The fraction of sp³-hybridized carbons (Fsp3) is 0.545. The molecule has 116 valence electrons. The molecule has 0 fully saturated rings. The fourth-order valence-corrected chi connectivity index (χ4v) is 1.75. The number of halogens is 4. The van der Waals surface area contributed by atoms with Crippen LogP contribution in [-0.2, 0) is 14.5 Å². The third-order valence-electron chi connectivity index (χ3n) is 2.02. The first-order chi connectivity index (χ1) is 9.27. The van der Waals surface area contributed by atoms with Crippen LogP contribution >= 0.6 is 0 Å². The molecule has 0 aliphatic carbocycles. The lowest BCUT2D eigenvalue weighted by Gasteiger charge is -2.04. The third kappa shape index (κ3) is 13.2. The molecule has 0 aromatic carbocycles. The van der Waals surface area contributed by atoms with Gasteiger partial charge in [0.15, 0.2) is 0 Å². The van der Waals surface area contributed by atoms with Gasteiger partial charge in [-0.3, -0.25) is 4.98 Å². The van der Waals surface area contributed by atoms with Crippen molar-refractivity contribution in [3.8, 4) is 0 Å². The molecular weight excluding hydrogens is 302 g/mol. The Morgan fingerprint density at radius 3 is 1.95 bits per heavy atom. The molecule has 0 bridgehead atoms. The summed E-state index contributed by atoms with van der Waals surface area (Å²) in [7, 11) is -4.18. The molecule has 1 aromatic heterocycles. The molecule has 0 atom stereocenters. The summed E-state index contributed by atoms with van der Waals surface area (Å²) >= 11 is 0. The van der Waals surface area contributed by atoms with Gasteiger partial charge >= 0.3 is 6.18 Å². The molecule has 0 saturated carbocycles. The monoisotopic (exact) mass is 317 g/mol. The maximum absolute atomic E-state index is 11.6. The Balaban J connectivity index is 0.000000493. The quantitative estimate of drug-likeness (QED) is 0.596. The molecule has 0 N–H and O–H groups in total. The van der Waals surface area contributed by atoms with Gasteiger partial charge in [-0.2, -0.15) is 21.6 Å². The van der Waals surface area contributed by atoms with E-state index >= 15 is 0 Å². The summed E-state index contributed by atoms with van der Waals surface area (Å²) in [6.45, 7) is 0. The van der Waals surface area contributed by atoms with Gasteiger partial charge in [0, 0.05) is 18.8 Å². The van der Waals surface area contributed by atoms with Gasteiger partial charge in [0.05, 0.1) is 5.75 Å². The first-order valence-electron chi connectivity index (χ1n) is 5.71. The normalized spacial score (nSPS) is 11.6. The van der Waals surface area contributed by atoms with Crippen molar-refractivity contribution in [2.24, 2.45) is 0 Å². The molecule has 1 aromatic rings. The molecule has 0 amide bonds. The van der Waals surface area contributed by atoms with Gasteiger partial charge in [0.2, 0.25) is 0 Å². The summed E-state index contributed by atoms with van der Waals surface area (Å²) in [6, 6.07) is 5.72. The third-order valence-corrected chi connectivity index (χ3v) is 3.00. The highest BCUT2D eigenvalue weighted by molar-refractivity contribution is 7.86. The van der Waals surface area contributed by atoms with Crippen molar-refractivity contribution in [2.75, 3.05) is 5.75 Å².